The molecule has 3 aliphatic rings. The average Bonchev–Trinajstić information content (AvgIpc) is 3.40. The summed E-state index contributed by atoms with van der Waals surface area (Å²) in [6.07, 6.45) is 9.30. The first-order valence-corrected chi connectivity index (χ1v) is 10.3. The van der Waals surface area contributed by atoms with Gasteiger partial charge in [0.05, 0.1) is 6.04 Å². The summed E-state index contributed by atoms with van der Waals surface area (Å²) in [4.78, 5) is 22.1. The van der Waals surface area contributed by atoms with Crippen molar-refractivity contribution in [1.29, 1.82) is 0 Å². The van der Waals surface area contributed by atoms with Crippen LogP contribution in [-0.4, -0.2) is 41.7 Å². The Labute approximate surface area is 170 Å². The molecule has 0 N–H and O–H groups in total. The molecule has 0 aliphatic carbocycles. The van der Waals surface area contributed by atoms with E-state index in [1.165, 1.54) is 6.42 Å². The molecular weight excluding hydrogens is 366 g/mol. The lowest BCUT2D eigenvalue weighted by Gasteiger charge is -2.35. The van der Waals surface area contributed by atoms with Crippen molar-refractivity contribution in [2.24, 2.45) is 0 Å². The Morgan fingerprint density at radius 2 is 1.86 bits per heavy atom. The second kappa shape index (κ2) is 7.43. The Balaban J connectivity index is 1.51. The van der Waals surface area contributed by atoms with E-state index in [1.807, 2.05) is 54.4 Å². The molecule has 1 aromatic heterocycles. The normalized spacial score (nSPS) is 22.9. The highest BCUT2D eigenvalue weighted by molar-refractivity contribution is 5.88. The van der Waals surface area contributed by atoms with Gasteiger partial charge in [-0.05, 0) is 61.6 Å². The molecule has 0 bridgehead atoms. The summed E-state index contributed by atoms with van der Waals surface area (Å²) in [6, 6.07) is 9.57. The van der Waals surface area contributed by atoms with Gasteiger partial charge in [-0.15, -0.1) is 0 Å². The van der Waals surface area contributed by atoms with Crippen molar-refractivity contribution in [2.75, 3.05) is 24.8 Å². The van der Waals surface area contributed by atoms with E-state index in [2.05, 4.69) is 16.0 Å². The summed E-state index contributed by atoms with van der Waals surface area (Å²) in [7, 11) is 0. The lowest BCUT2D eigenvalue weighted by Crippen LogP contribution is -2.48. The molecule has 150 valence electrons. The van der Waals surface area contributed by atoms with Gasteiger partial charge < -0.3 is 19.3 Å². The van der Waals surface area contributed by atoms with Crippen LogP contribution in [0.25, 0.3) is 0 Å². The van der Waals surface area contributed by atoms with Gasteiger partial charge in [-0.3, -0.25) is 4.79 Å². The van der Waals surface area contributed by atoms with E-state index in [1.54, 1.807) is 0 Å². The first-order chi connectivity index (χ1) is 14.2. The zero-order valence-corrected chi connectivity index (χ0v) is 16.6. The Bertz CT molecular complexity index is 952. The molecule has 1 fully saturated rings. The molecule has 0 spiro atoms. The molecule has 29 heavy (non-hydrogen) atoms. The standard InChI is InChI=1S/C23H25N3O3/c1-16-9-10-24-22(13-16)26-18(17-5-8-20-21(14-17)29-15-28-20)6-7-19(26)23(27)25-11-3-2-4-12-25/h5-10,13-14,18-19H,2-4,11-12,15H2,1H3/t18-,19+/m0/s1. The first kappa shape index (κ1) is 18.0. The zero-order valence-electron chi connectivity index (χ0n) is 16.6. The minimum absolute atomic E-state index is 0.0856. The number of pyridine rings is 1. The third-order valence-electron chi connectivity index (χ3n) is 5.90. The molecule has 0 saturated carbocycles. The number of fused-ring (bicyclic) bond motifs is 1. The highest BCUT2D eigenvalue weighted by Gasteiger charge is 2.38. The molecular formula is C23H25N3O3. The van der Waals surface area contributed by atoms with Crippen molar-refractivity contribution < 1.29 is 14.3 Å². The van der Waals surface area contributed by atoms with Crippen molar-refractivity contribution in [3.05, 3.63) is 59.8 Å². The fourth-order valence-corrected chi connectivity index (χ4v) is 4.39. The highest BCUT2D eigenvalue weighted by atomic mass is 16.7. The summed E-state index contributed by atoms with van der Waals surface area (Å²) >= 11 is 0. The minimum atomic E-state index is -0.349. The molecule has 1 aromatic carbocycles. The van der Waals surface area contributed by atoms with E-state index >= 15 is 0 Å². The van der Waals surface area contributed by atoms with Crippen LogP contribution in [0.1, 0.15) is 36.4 Å². The van der Waals surface area contributed by atoms with Gasteiger partial charge in [0.15, 0.2) is 11.5 Å². The Morgan fingerprint density at radius 3 is 2.69 bits per heavy atom. The number of carbonyl (C=O) groups excluding carboxylic acids is 1. The largest absolute Gasteiger partial charge is 0.454 e. The van der Waals surface area contributed by atoms with Gasteiger partial charge in [-0.25, -0.2) is 4.98 Å². The van der Waals surface area contributed by atoms with Crippen LogP contribution in [0.4, 0.5) is 5.82 Å². The van der Waals surface area contributed by atoms with Crippen LogP contribution < -0.4 is 14.4 Å². The summed E-state index contributed by atoms with van der Waals surface area (Å²) in [5.74, 6) is 2.48. The third kappa shape index (κ3) is 3.33. The predicted octanol–water partition coefficient (Wildman–Crippen LogP) is 3.62. The van der Waals surface area contributed by atoms with E-state index in [4.69, 9.17) is 9.47 Å². The van der Waals surface area contributed by atoms with Gasteiger partial charge in [0.25, 0.3) is 0 Å². The molecule has 5 rings (SSSR count). The maximum Gasteiger partial charge on any atom is 0.249 e. The van der Waals surface area contributed by atoms with E-state index < -0.39 is 0 Å². The number of likely N-dealkylation sites (tertiary alicyclic amines) is 1. The van der Waals surface area contributed by atoms with Crippen LogP contribution >= 0.6 is 0 Å². The highest BCUT2D eigenvalue weighted by Crippen LogP contribution is 2.40. The summed E-state index contributed by atoms with van der Waals surface area (Å²) in [5, 5.41) is 0. The van der Waals surface area contributed by atoms with Crippen molar-refractivity contribution >= 4 is 11.7 Å². The van der Waals surface area contributed by atoms with Crippen LogP contribution in [0.3, 0.4) is 0 Å². The van der Waals surface area contributed by atoms with Crippen LogP contribution in [0, 0.1) is 6.92 Å². The number of piperidine rings is 1. The van der Waals surface area contributed by atoms with E-state index in [9.17, 15) is 4.79 Å². The average molecular weight is 391 g/mol. The molecule has 6 heteroatoms. The van der Waals surface area contributed by atoms with Gasteiger partial charge in [0.1, 0.15) is 11.9 Å². The molecule has 3 aliphatic heterocycles. The van der Waals surface area contributed by atoms with Gasteiger partial charge in [-0.1, -0.05) is 18.2 Å². The second-order valence-corrected chi connectivity index (χ2v) is 7.87. The number of amides is 1. The van der Waals surface area contributed by atoms with Gasteiger partial charge >= 0.3 is 0 Å². The van der Waals surface area contributed by atoms with Crippen molar-refractivity contribution in [3.63, 3.8) is 0 Å². The number of hydrogen-bond donors (Lipinski definition) is 0. The van der Waals surface area contributed by atoms with Crippen LogP contribution in [0.15, 0.2) is 48.7 Å². The van der Waals surface area contributed by atoms with Gasteiger partial charge in [0.2, 0.25) is 12.7 Å². The molecule has 1 saturated heterocycles. The molecule has 0 unspecified atom stereocenters. The number of nitrogens with zero attached hydrogens (tertiary/aromatic N) is 3. The van der Waals surface area contributed by atoms with E-state index in [0.717, 1.165) is 54.4 Å². The molecule has 6 nitrogen and oxygen atoms in total. The van der Waals surface area contributed by atoms with Crippen molar-refractivity contribution in [2.45, 2.75) is 38.3 Å². The number of anilines is 1. The van der Waals surface area contributed by atoms with Gasteiger partial charge in [0, 0.05) is 19.3 Å². The number of rotatable bonds is 3. The Kier molecular flexibility index (Phi) is 4.62. The molecule has 1 amide bonds. The molecule has 4 heterocycles. The quantitative estimate of drug-likeness (QED) is 0.748. The van der Waals surface area contributed by atoms with Crippen LogP contribution in [-0.2, 0) is 4.79 Å². The summed E-state index contributed by atoms with van der Waals surface area (Å²) in [5.41, 5.74) is 2.18. The molecule has 0 radical (unpaired) electrons. The van der Waals surface area contributed by atoms with E-state index in [-0.39, 0.29) is 24.8 Å². The van der Waals surface area contributed by atoms with E-state index in [0.29, 0.717) is 0 Å². The summed E-state index contributed by atoms with van der Waals surface area (Å²) < 4.78 is 11.0. The monoisotopic (exact) mass is 391 g/mol. The fraction of sp³-hybridized carbons (Fsp3) is 0.391. The van der Waals surface area contributed by atoms with Crippen molar-refractivity contribution in [3.8, 4) is 11.5 Å². The Morgan fingerprint density at radius 1 is 1.03 bits per heavy atom. The van der Waals surface area contributed by atoms with Crippen LogP contribution in [0.5, 0.6) is 11.5 Å². The molecule has 2 aromatic rings. The molecule has 2 atom stereocenters. The predicted molar refractivity (Wildman–Crippen MR) is 110 cm³/mol. The van der Waals surface area contributed by atoms with Gasteiger partial charge in [-0.2, -0.15) is 0 Å². The minimum Gasteiger partial charge on any atom is -0.454 e. The summed E-state index contributed by atoms with van der Waals surface area (Å²) in [6.45, 7) is 3.98. The SMILES string of the molecule is Cc1ccnc(N2[C@@H](C(=O)N3CCCCC3)C=C[C@H]2c2ccc3c(c2)OCO3)c1. The number of carbonyl (C=O) groups is 1. The fourth-order valence-electron chi connectivity index (χ4n) is 4.39. The number of benzene rings is 1. The third-order valence-corrected chi connectivity index (χ3v) is 5.90. The lowest BCUT2D eigenvalue weighted by atomic mass is 10.1. The number of ether oxygens (including phenoxy) is 2. The number of hydrogen-bond acceptors (Lipinski definition) is 5. The van der Waals surface area contributed by atoms with Crippen molar-refractivity contribution in [1.82, 2.24) is 9.88 Å². The second-order valence-electron chi connectivity index (χ2n) is 7.87. The topological polar surface area (TPSA) is 54.9 Å². The first-order valence-electron chi connectivity index (χ1n) is 10.3. The lowest BCUT2D eigenvalue weighted by molar-refractivity contribution is -0.132. The zero-order chi connectivity index (χ0) is 19.8. The number of aryl methyl sites for hydroxylation is 1. The maximum absolute atomic E-state index is 13.4. The Hall–Kier alpha value is -3.02. The number of aromatic nitrogens is 1. The maximum atomic E-state index is 13.4. The smallest absolute Gasteiger partial charge is 0.249 e. The van der Waals surface area contributed by atoms with Crippen LogP contribution in [0.2, 0.25) is 0 Å².